The summed E-state index contributed by atoms with van der Waals surface area (Å²) >= 11 is 0. The van der Waals surface area contributed by atoms with Crippen LogP contribution < -0.4 is 10.1 Å². The van der Waals surface area contributed by atoms with E-state index in [9.17, 15) is 4.79 Å². The molecule has 0 heterocycles. The van der Waals surface area contributed by atoms with E-state index in [0.29, 0.717) is 12.5 Å². The second kappa shape index (κ2) is 9.37. The molecule has 1 rings (SSSR count). The summed E-state index contributed by atoms with van der Waals surface area (Å²) in [5.41, 5.74) is 1.20. The van der Waals surface area contributed by atoms with Crippen molar-refractivity contribution in [1.82, 2.24) is 5.32 Å². The Morgan fingerprint density at radius 1 is 1.45 bits per heavy atom. The molecule has 0 bridgehead atoms. The van der Waals surface area contributed by atoms with Crippen LogP contribution >= 0.6 is 0 Å². The highest BCUT2D eigenvalue weighted by Crippen LogP contribution is 2.13. The van der Waals surface area contributed by atoms with Crippen molar-refractivity contribution in [2.24, 2.45) is 5.92 Å². The molecule has 2 N–H and O–H groups in total. The number of carbonyl (C=O) groups is 1. The summed E-state index contributed by atoms with van der Waals surface area (Å²) in [5.74, 6) is 0.914. The second-order valence-electron chi connectivity index (χ2n) is 5.07. The monoisotopic (exact) mass is 279 g/mol. The predicted octanol–water partition coefficient (Wildman–Crippen LogP) is 2.15. The zero-order chi connectivity index (χ0) is 14.8. The summed E-state index contributed by atoms with van der Waals surface area (Å²) in [4.78, 5) is 11.6. The minimum absolute atomic E-state index is 0.0444. The smallest absolute Gasteiger partial charge is 0.257 e. The summed E-state index contributed by atoms with van der Waals surface area (Å²) < 4.78 is 5.46. The number of rotatable bonds is 9. The fourth-order valence-corrected chi connectivity index (χ4v) is 1.82. The fraction of sp³-hybridized carbons (Fsp3) is 0.562. The van der Waals surface area contributed by atoms with E-state index in [0.717, 1.165) is 25.0 Å². The lowest BCUT2D eigenvalue weighted by atomic mass is 10.1. The maximum Gasteiger partial charge on any atom is 0.257 e. The Morgan fingerprint density at radius 3 is 2.95 bits per heavy atom. The number of hydrogen-bond donors (Lipinski definition) is 2. The van der Waals surface area contributed by atoms with Gasteiger partial charge in [0.15, 0.2) is 6.61 Å². The molecule has 0 aromatic heterocycles. The predicted molar refractivity (Wildman–Crippen MR) is 79.8 cm³/mol. The molecule has 20 heavy (non-hydrogen) atoms. The van der Waals surface area contributed by atoms with Crippen LogP contribution in [0.5, 0.6) is 5.75 Å². The zero-order valence-electron chi connectivity index (χ0n) is 12.4. The van der Waals surface area contributed by atoms with Crippen LogP contribution in [0.4, 0.5) is 0 Å². The number of benzene rings is 1. The van der Waals surface area contributed by atoms with Gasteiger partial charge in [0.1, 0.15) is 5.75 Å². The summed E-state index contributed by atoms with van der Waals surface area (Å²) in [6.45, 7) is 4.94. The Hall–Kier alpha value is -1.55. The third kappa shape index (κ3) is 6.57. The van der Waals surface area contributed by atoms with Crippen molar-refractivity contribution >= 4 is 5.91 Å². The Balaban J connectivity index is 2.19. The lowest BCUT2D eigenvalue weighted by Gasteiger charge is -2.10. The van der Waals surface area contributed by atoms with Crippen molar-refractivity contribution in [2.45, 2.75) is 33.1 Å². The first-order chi connectivity index (χ1) is 9.65. The van der Waals surface area contributed by atoms with Crippen molar-refractivity contribution in [3.8, 4) is 5.75 Å². The van der Waals surface area contributed by atoms with E-state index in [2.05, 4.69) is 12.2 Å². The molecule has 0 aliphatic carbocycles. The molecule has 0 radical (unpaired) electrons. The Morgan fingerprint density at radius 2 is 2.25 bits per heavy atom. The van der Waals surface area contributed by atoms with Crippen LogP contribution in [0.1, 0.15) is 32.3 Å². The van der Waals surface area contributed by atoms with Crippen LogP contribution in [-0.2, 0) is 11.2 Å². The zero-order valence-corrected chi connectivity index (χ0v) is 12.4. The number of hydrogen-bond acceptors (Lipinski definition) is 3. The van der Waals surface area contributed by atoms with E-state index in [-0.39, 0.29) is 19.1 Å². The normalized spacial score (nSPS) is 11.9. The molecule has 1 unspecified atom stereocenters. The third-order valence-corrected chi connectivity index (χ3v) is 3.18. The van der Waals surface area contributed by atoms with Gasteiger partial charge in [-0.2, -0.15) is 0 Å². The molecule has 4 heteroatoms. The highest BCUT2D eigenvalue weighted by molar-refractivity contribution is 5.77. The van der Waals surface area contributed by atoms with Gasteiger partial charge in [0.25, 0.3) is 5.91 Å². The van der Waals surface area contributed by atoms with Gasteiger partial charge in [-0.3, -0.25) is 4.79 Å². The van der Waals surface area contributed by atoms with Gasteiger partial charge in [-0.1, -0.05) is 26.0 Å². The van der Waals surface area contributed by atoms with E-state index >= 15 is 0 Å². The minimum Gasteiger partial charge on any atom is -0.484 e. The molecule has 0 aliphatic rings. The molecule has 0 saturated carbocycles. The maximum atomic E-state index is 11.6. The molecule has 1 atom stereocenters. The Kier molecular flexibility index (Phi) is 7.73. The number of aliphatic hydroxyl groups excluding tert-OH is 1. The highest BCUT2D eigenvalue weighted by atomic mass is 16.5. The van der Waals surface area contributed by atoms with Crippen LogP contribution in [-0.4, -0.2) is 30.8 Å². The number of nitrogens with one attached hydrogen (secondary N) is 1. The Labute approximate surface area is 121 Å². The minimum atomic E-state index is -0.108. The van der Waals surface area contributed by atoms with E-state index in [1.807, 2.05) is 31.2 Å². The number of carbonyl (C=O) groups excluding carboxylic acids is 1. The first-order valence-electron chi connectivity index (χ1n) is 7.25. The third-order valence-electron chi connectivity index (χ3n) is 3.18. The van der Waals surface area contributed by atoms with Crippen LogP contribution in [0.3, 0.4) is 0 Å². The van der Waals surface area contributed by atoms with Gasteiger partial charge in [-0.05, 0) is 42.9 Å². The molecular weight excluding hydrogens is 254 g/mol. The van der Waals surface area contributed by atoms with Crippen molar-refractivity contribution in [3.63, 3.8) is 0 Å². The van der Waals surface area contributed by atoms with Crippen molar-refractivity contribution < 1.29 is 14.6 Å². The lowest BCUT2D eigenvalue weighted by molar-refractivity contribution is -0.123. The van der Waals surface area contributed by atoms with Gasteiger partial charge in [0, 0.05) is 13.2 Å². The Bertz CT molecular complexity index is 406. The number of aryl methyl sites for hydroxylation is 1. The summed E-state index contributed by atoms with van der Waals surface area (Å²) in [7, 11) is 0. The van der Waals surface area contributed by atoms with Crippen LogP contribution in [0.25, 0.3) is 0 Å². The molecule has 4 nitrogen and oxygen atoms in total. The number of ether oxygens (including phenoxy) is 1. The topological polar surface area (TPSA) is 58.6 Å². The first-order valence-corrected chi connectivity index (χ1v) is 7.25. The van der Waals surface area contributed by atoms with E-state index in [1.165, 1.54) is 5.56 Å². The number of aliphatic hydroxyl groups is 1. The maximum absolute atomic E-state index is 11.6. The summed E-state index contributed by atoms with van der Waals surface area (Å²) in [6.07, 6.45) is 2.74. The SMILES string of the molecule is CCc1cccc(OCC(=O)NCCCC(C)CO)c1. The molecule has 1 aromatic carbocycles. The number of amides is 1. The van der Waals surface area contributed by atoms with E-state index < -0.39 is 0 Å². The van der Waals surface area contributed by atoms with Gasteiger partial charge in [-0.15, -0.1) is 0 Å². The fourth-order valence-electron chi connectivity index (χ4n) is 1.82. The van der Waals surface area contributed by atoms with Gasteiger partial charge < -0.3 is 15.2 Å². The van der Waals surface area contributed by atoms with Gasteiger partial charge >= 0.3 is 0 Å². The van der Waals surface area contributed by atoms with E-state index in [1.54, 1.807) is 0 Å². The van der Waals surface area contributed by atoms with Crippen LogP contribution in [0, 0.1) is 5.92 Å². The molecule has 1 aromatic rings. The van der Waals surface area contributed by atoms with Crippen LogP contribution in [0.2, 0.25) is 0 Å². The average Bonchev–Trinajstić information content (AvgIpc) is 2.49. The van der Waals surface area contributed by atoms with Crippen molar-refractivity contribution in [1.29, 1.82) is 0 Å². The van der Waals surface area contributed by atoms with Crippen molar-refractivity contribution in [2.75, 3.05) is 19.8 Å². The first kappa shape index (κ1) is 16.5. The van der Waals surface area contributed by atoms with Gasteiger partial charge in [-0.25, -0.2) is 0 Å². The molecule has 1 amide bonds. The standard InChI is InChI=1S/C16H25NO3/c1-3-14-7-4-8-15(10-14)20-12-16(19)17-9-5-6-13(2)11-18/h4,7-8,10,13,18H,3,5-6,9,11-12H2,1-2H3,(H,17,19). The molecule has 0 fully saturated rings. The molecule has 0 saturated heterocycles. The van der Waals surface area contributed by atoms with Gasteiger partial charge in [0.2, 0.25) is 0 Å². The molecule has 0 aliphatic heterocycles. The second-order valence-corrected chi connectivity index (χ2v) is 5.07. The molecule has 0 spiro atoms. The summed E-state index contributed by atoms with van der Waals surface area (Å²) in [5, 5.41) is 11.7. The lowest BCUT2D eigenvalue weighted by Crippen LogP contribution is -2.30. The van der Waals surface area contributed by atoms with Crippen LogP contribution in [0.15, 0.2) is 24.3 Å². The largest absolute Gasteiger partial charge is 0.484 e. The quantitative estimate of drug-likeness (QED) is 0.681. The van der Waals surface area contributed by atoms with Crippen molar-refractivity contribution in [3.05, 3.63) is 29.8 Å². The summed E-state index contributed by atoms with van der Waals surface area (Å²) in [6, 6.07) is 7.78. The van der Waals surface area contributed by atoms with Gasteiger partial charge in [0.05, 0.1) is 0 Å². The average molecular weight is 279 g/mol. The molecular formula is C16H25NO3. The molecule has 112 valence electrons. The highest BCUT2D eigenvalue weighted by Gasteiger charge is 2.04. The van der Waals surface area contributed by atoms with E-state index in [4.69, 9.17) is 9.84 Å².